The molecule has 1 fully saturated rings. The Morgan fingerprint density at radius 1 is 1.47 bits per heavy atom. The molecule has 17 heavy (non-hydrogen) atoms. The summed E-state index contributed by atoms with van der Waals surface area (Å²) in [5, 5.41) is 11.3. The number of carbonyl (C=O) groups excluding carboxylic acids is 2. The summed E-state index contributed by atoms with van der Waals surface area (Å²) in [7, 11) is 0. The number of amides is 2. The lowest BCUT2D eigenvalue weighted by molar-refractivity contribution is -0.142. The van der Waals surface area contributed by atoms with Crippen molar-refractivity contribution < 1.29 is 19.5 Å². The molecule has 0 heterocycles. The monoisotopic (exact) mass is 242 g/mol. The second-order valence-electron chi connectivity index (χ2n) is 5.15. The van der Waals surface area contributed by atoms with Crippen molar-refractivity contribution in [3.63, 3.8) is 0 Å². The Bertz CT molecular complexity index is 351. The van der Waals surface area contributed by atoms with Crippen LogP contribution in [0.3, 0.4) is 0 Å². The Morgan fingerprint density at radius 3 is 2.35 bits per heavy atom. The van der Waals surface area contributed by atoms with Crippen molar-refractivity contribution in [1.29, 1.82) is 0 Å². The van der Waals surface area contributed by atoms with Crippen molar-refractivity contribution in [2.24, 2.45) is 17.1 Å². The molecule has 0 aliphatic heterocycles. The second kappa shape index (κ2) is 4.73. The fourth-order valence-corrected chi connectivity index (χ4v) is 1.73. The van der Waals surface area contributed by atoms with Crippen LogP contribution in [0.15, 0.2) is 0 Å². The number of primary amides is 1. The molecule has 0 aromatic carbocycles. The van der Waals surface area contributed by atoms with Crippen molar-refractivity contribution in [2.75, 3.05) is 0 Å². The first kappa shape index (κ1) is 13.5. The third-order valence-electron chi connectivity index (χ3n) is 3.12. The number of carboxylic acid groups (broad SMARTS) is 1. The Hall–Kier alpha value is -1.59. The topological polar surface area (TPSA) is 109 Å². The summed E-state index contributed by atoms with van der Waals surface area (Å²) in [6, 6.07) is -1.04. The number of nitrogens with two attached hydrogens (primary N) is 1. The standard InChI is InChI=1S/C11H18N2O4/c1-11(2)5-6(11)9(15)13-7(10(16)17)3-4-8(12)14/h6-7H,3-5H2,1-2H3,(H2,12,14)(H,13,15)(H,16,17)/t6?,7-/m0/s1. The molecule has 4 N–H and O–H groups in total. The Morgan fingerprint density at radius 2 is 2.00 bits per heavy atom. The van der Waals surface area contributed by atoms with Crippen LogP contribution < -0.4 is 11.1 Å². The van der Waals surface area contributed by atoms with Gasteiger partial charge in [0.05, 0.1) is 0 Å². The Kier molecular flexibility index (Phi) is 3.75. The van der Waals surface area contributed by atoms with Crippen LogP contribution in [0.5, 0.6) is 0 Å². The molecule has 0 radical (unpaired) electrons. The molecule has 2 atom stereocenters. The third-order valence-corrected chi connectivity index (χ3v) is 3.12. The van der Waals surface area contributed by atoms with Crippen molar-refractivity contribution in [3.8, 4) is 0 Å². The van der Waals surface area contributed by atoms with Gasteiger partial charge >= 0.3 is 5.97 Å². The summed E-state index contributed by atoms with van der Waals surface area (Å²) in [6.45, 7) is 3.91. The highest BCUT2D eigenvalue weighted by molar-refractivity contribution is 5.87. The van der Waals surface area contributed by atoms with Crippen LogP contribution in [-0.4, -0.2) is 28.9 Å². The van der Waals surface area contributed by atoms with Crippen molar-refractivity contribution in [1.82, 2.24) is 5.32 Å². The van der Waals surface area contributed by atoms with E-state index in [-0.39, 0.29) is 30.1 Å². The summed E-state index contributed by atoms with van der Waals surface area (Å²) < 4.78 is 0. The lowest BCUT2D eigenvalue weighted by Crippen LogP contribution is -2.42. The van der Waals surface area contributed by atoms with Crippen LogP contribution in [0.1, 0.15) is 33.1 Å². The highest BCUT2D eigenvalue weighted by Crippen LogP contribution is 2.51. The van der Waals surface area contributed by atoms with Gasteiger partial charge < -0.3 is 16.2 Å². The third kappa shape index (κ3) is 3.72. The number of hydrogen-bond donors (Lipinski definition) is 3. The number of nitrogens with one attached hydrogen (secondary N) is 1. The number of carbonyl (C=O) groups is 3. The van der Waals surface area contributed by atoms with Gasteiger partial charge in [-0.25, -0.2) is 4.79 Å². The van der Waals surface area contributed by atoms with E-state index in [0.29, 0.717) is 0 Å². The summed E-state index contributed by atoms with van der Waals surface area (Å²) in [4.78, 5) is 33.2. The Labute approximate surface area is 99.6 Å². The molecule has 2 amide bonds. The first-order valence-electron chi connectivity index (χ1n) is 5.55. The lowest BCUT2D eigenvalue weighted by atomic mass is 10.1. The van der Waals surface area contributed by atoms with E-state index in [1.165, 1.54) is 0 Å². The highest BCUT2D eigenvalue weighted by atomic mass is 16.4. The molecule has 1 rings (SSSR count). The summed E-state index contributed by atoms with van der Waals surface area (Å²) in [5.74, 6) is -2.10. The predicted octanol–water partition coefficient (Wildman–Crippen LogP) is -0.133. The SMILES string of the molecule is CC1(C)CC1C(=O)N[C@@H](CCC(N)=O)C(=O)O. The van der Waals surface area contributed by atoms with Crippen molar-refractivity contribution >= 4 is 17.8 Å². The second-order valence-corrected chi connectivity index (χ2v) is 5.15. The number of aliphatic carboxylic acids is 1. The molecule has 0 spiro atoms. The van der Waals surface area contributed by atoms with Crippen LogP contribution in [0, 0.1) is 11.3 Å². The van der Waals surface area contributed by atoms with Crippen LogP contribution in [0.2, 0.25) is 0 Å². The number of carboxylic acids is 1. The maximum Gasteiger partial charge on any atom is 0.326 e. The van der Waals surface area contributed by atoms with E-state index < -0.39 is 17.9 Å². The zero-order valence-electron chi connectivity index (χ0n) is 10.0. The molecule has 0 saturated heterocycles. The molecule has 1 aliphatic carbocycles. The van der Waals surface area contributed by atoms with Gasteiger partial charge in [-0.15, -0.1) is 0 Å². The van der Waals surface area contributed by atoms with Gasteiger partial charge in [0, 0.05) is 12.3 Å². The maximum absolute atomic E-state index is 11.7. The average molecular weight is 242 g/mol. The van der Waals surface area contributed by atoms with E-state index in [9.17, 15) is 14.4 Å². The zero-order valence-corrected chi connectivity index (χ0v) is 10.0. The van der Waals surface area contributed by atoms with Crippen LogP contribution in [-0.2, 0) is 14.4 Å². The van der Waals surface area contributed by atoms with Gasteiger partial charge in [0.15, 0.2) is 0 Å². The Balaban J connectivity index is 2.47. The van der Waals surface area contributed by atoms with Gasteiger partial charge in [-0.1, -0.05) is 13.8 Å². The molecular weight excluding hydrogens is 224 g/mol. The van der Waals surface area contributed by atoms with Gasteiger partial charge in [-0.05, 0) is 18.3 Å². The van der Waals surface area contributed by atoms with Crippen LogP contribution in [0.25, 0.3) is 0 Å². The van der Waals surface area contributed by atoms with Crippen LogP contribution in [0.4, 0.5) is 0 Å². The van der Waals surface area contributed by atoms with Gasteiger partial charge in [0.1, 0.15) is 6.04 Å². The summed E-state index contributed by atoms with van der Waals surface area (Å²) in [6.07, 6.45) is 0.746. The summed E-state index contributed by atoms with van der Waals surface area (Å²) >= 11 is 0. The minimum atomic E-state index is -1.14. The number of rotatable bonds is 6. The average Bonchev–Trinajstić information content (AvgIpc) is 2.81. The smallest absolute Gasteiger partial charge is 0.326 e. The molecule has 6 heteroatoms. The van der Waals surface area contributed by atoms with E-state index in [4.69, 9.17) is 10.8 Å². The minimum absolute atomic E-state index is 0.0313. The molecule has 1 unspecified atom stereocenters. The fraction of sp³-hybridized carbons (Fsp3) is 0.727. The van der Waals surface area contributed by atoms with Gasteiger partial charge in [0.25, 0.3) is 0 Å². The molecule has 6 nitrogen and oxygen atoms in total. The van der Waals surface area contributed by atoms with Crippen molar-refractivity contribution in [2.45, 2.75) is 39.2 Å². The molecule has 1 saturated carbocycles. The first-order valence-corrected chi connectivity index (χ1v) is 5.55. The minimum Gasteiger partial charge on any atom is -0.480 e. The van der Waals surface area contributed by atoms with E-state index in [1.807, 2.05) is 13.8 Å². The largest absolute Gasteiger partial charge is 0.480 e. The van der Waals surface area contributed by atoms with Gasteiger partial charge in [-0.3, -0.25) is 9.59 Å². The van der Waals surface area contributed by atoms with Crippen LogP contribution >= 0.6 is 0 Å². The fourth-order valence-electron chi connectivity index (χ4n) is 1.73. The molecular formula is C11H18N2O4. The zero-order chi connectivity index (χ0) is 13.2. The molecule has 1 aliphatic rings. The lowest BCUT2D eigenvalue weighted by Gasteiger charge is -2.14. The maximum atomic E-state index is 11.7. The highest BCUT2D eigenvalue weighted by Gasteiger charge is 2.51. The quantitative estimate of drug-likeness (QED) is 0.602. The predicted molar refractivity (Wildman–Crippen MR) is 59.9 cm³/mol. The van der Waals surface area contributed by atoms with Gasteiger partial charge in [0.2, 0.25) is 11.8 Å². The van der Waals surface area contributed by atoms with E-state index in [1.54, 1.807) is 0 Å². The van der Waals surface area contributed by atoms with E-state index >= 15 is 0 Å². The molecule has 0 aromatic heterocycles. The number of hydrogen-bond acceptors (Lipinski definition) is 3. The molecule has 0 aromatic rings. The van der Waals surface area contributed by atoms with Gasteiger partial charge in [-0.2, -0.15) is 0 Å². The normalized spacial score (nSPS) is 22.6. The van der Waals surface area contributed by atoms with E-state index in [0.717, 1.165) is 6.42 Å². The van der Waals surface area contributed by atoms with Crippen molar-refractivity contribution in [3.05, 3.63) is 0 Å². The molecule has 0 bridgehead atoms. The first-order chi connectivity index (χ1) is 7.74. The summed E-state index contributed by atoms with van der Waals surface area (Å²) in [5.41, 5.74) is 4.90. The van der Waals surface area contributed by atoms with E-state index in [2.05, 4.69) is 5.32 Å². The molecule has 96 valence electrons.